The smallest absolute Gasteiger partial charge is 0.244 e. The van der Waals surface area contributed by atoms with Gasteiger partial charge >= 0.3 is 0 Å². The first-order valence-electron chi connectivity index (χ1n) is 9.20. The Labute approximate surface area is 156 Å². The minimum Gasteiger partial charge on any atom is -0.323 e. The molecule has 6 heteroatoms. The van der Waals surface area contributed by atoms with Crippen molar-refractivity contribution in [2.75, 3.05) is 29.9 Å². The second kappa shape index (κ2) is 6.21. The second-order valence-corrected chi connectivity index (χ2v) is 8.35. The van der Waals surface area contributed by atoms with Gasteiger partial charge in [-0.05, 0) is 54.3 Å². The van der Waals surface area contributed by atoms with E-state index in [0.717, 1.165) is 24.3 Å². The van der Waals surface area contributed by atoms with Gasteiger partial charge in [0.2, 0.25) is 11.8 Å². The van der Waals surface area contributed by atoms with Crippen LogP contribution in [-0.2, 0) is 16.0 Å². The van der Waals surface area contributed by atoms with Gasteiger partial charge in [0.1, 0.15) is 6.54 Å². The van der Waals surface area contributed by atoms with Gasteiger partial charge in [-0.2, -0.15) is 0 Å². The summed E-state index contributed by atoms with van der Waals surface area (Å²) in [5.74, 6) is 0.555. The van der Waals surface area contributed by atoms with E-state index >= 15 is 0 Å². The van der Waals surface area contributed by atoms with Crippen molar-refractivity contribution in [3.05, 3.63) is 46.2 Å². The third kappa shape index (κ3) is 2.73. The number of carbonyl (C=O) groups is 2. The SMILES string of the molecule is O=C1CN(C(=O)CN2CCc3sccc3[C@@H]2C2CC2)c2ccccc2N1. The van der Waals surface area contributed by atoms with Crippen LogP contribution in [0.4, 0.5) is 11.4 Å². The van der Waals surface area contributed by atoms with E-state index in [9.17, 15) is 9.59 Å². The van der Waals surface area contributed by atoms with Gasteiger partial charge in [-0.1, -0.05) is 12.1 Å². The minimum atomic E-state index is -0.130. The van der Waals surface area contributed by atoms with Crippen molar-refractivity contribution in [1.29, 1.82) is 0 Å². The lowest BCUT2D eigenvalue weighted by Gasteiger charge is -2.37. The van der Waals surface area contributed by atoms with Crippen LogP contribution in [0.25, 0.3) is 0 Å². The van der Waals surface area contributed by atoms with E-state index in [4.69, 9.17) is 0 Å². The Kier molecular flexibility index (Phi) is 3.83. The lowest BCUT2D eigenvalue weighted by molar-refractivity contribution is -0.123. The van der Waals surface area contributed by atoms with Crippen molar-refractivity contribution in [3.63, 3.8) is 0 Å². The van der Waals surface area contributed by atoms with Crippen LogP contribution in [0.1, 0.15) is 29.3 Å². The molecule has 1 aromatic carbocycles. The summed E-state index contributed by atoms with van der Waals surface area (Å²) in [6, 6.07) is 10.1. The Hall–Kier alpha value is -2.18. The van der Waals surface area contributed by atoms with Crippen molar-refractivity contribution in [1.82, 2.24) is 4.90 Å². The quantitative estimate of drug-likeness (QED) is 0.907. The molecule has 3 heterocycles. The molecular weight excluding hydrogens is 346 g/mol. The summed E-state index contributed by atoms with van der Waals surface area (Å²) in [6.07, 6.45) is 3.51. The zero-order valence-electron chi connectivity index (χ0n) is 14.5. The number of benzene rings is 1. The standard InChI is InChI=1S/C20H21N3O2S/c24-18-11-23(16-4-2-1-3-15(16)21-18)19(25)12-22-9-7-17-14(8-10-26-17)20(22)13-5-6-13/h1-4,8,10,13,20H,5-7,9,11-12H2,(H,21,24)/t20-/m0/s1. The van der Waals surface area contributed by atoms with Gasteiger partial charge in [0.05, 0.1) is 17.9 Å². The molecule has 0 saturated heterocycles. The van der Waals surface area contributed by atoms with E-state index in [1.807, 2.05) is 35.6 Å². The van der Waals surface area contributed by atoms with E-state index in [1.54, 1.807) is 4.90 Å². The van der Waals surface area contributed by atoms with Gasteiger partial charge in [0.25, 0.3) is 0 Å². The first kappa shape index (κ1) is 16.0. The van der Waals surface area contributed by atoms with Crippen LogP contribution < -0.4 is 10.2 Å². The number of hydrogen-bond acceptors (Lipinski definition) is 4. The molecule has 2 amide bonds. The van der Waals surface area contributed by atoms with Crippen molar-refractivity contribution in [3.8, 4) is 0 Å². The highest BCUT2D eigenvalue weighted by atomic mass is 32.1. The number of nitrogens with one attached hydrogen (secondary N) is 1. The average molecular weight is 367 g/mol. The zero-order valence-corrected chi connectivity index (χ0v) is 15.3. The van der Waals surface area contributed by atoms with Crippen LogP contribution in [0.3, 0.4) is 0 Å². The number of thiophene rings is 1. The molecule has 1 N–H and O–H groups in total. The Morgan fingerprint density at radius 3 is 2.92 bits per heavy atom. The molecule has 1 fully saturated rings. The van der Waals surface area contributed by atoms with E-state index in [0.29, 0.717) is 18.5 Å². The Bertz CT molecular complexity index is 873. The lowest BCUT2D eigenvalue weighted by atomic mass is 9.96. The number of carbonyl (C=O) groups excluding carboxylic acids is 2. The third-order valence-corrected chi connectivity index (χ3v) is 6.59. The first-order chi connectivity index (χ1) is 12.7. The molecule has 134 valence electrons. The van der Waals surface area contributed by atoms with Gasteiger partial charge in [0, 0.05) is 17.5 Å². The van der Waals surface area contributed by atoms with Gasteiger partial charge in [-0.15, -0.1) is 11.3 Å². The number of hydrogen-bond donors (Lipinski definition) is 1. The predicted octanol–water partition coefficient (Wildman–Crippen LogP) is 3.04. The molecule has 0 bridgehead atoms. The van der Waals surface area contributed by atoms with E-state index in [2.05, 4.69) is 21.7 Å². The highest BCUT2D eigenvalue weighted by Crippen LogP contribution is 2.48. The molecular formula is C20H21N3O2S. The molecule has 1 atom stereocenters. The first-order valence-corrected chi connectivity index (χ1v) is 10.1. The molecule has 0 unspecified atom stereocenters. The summed E-state index contributed by atoms with van der Waals surface area (Å²) in [7, 11) is 0. The summed E-state index contributed by atoms with van der Waals surface area (Å²) >= 11 is 1.84. The summed E-state index contributed by atoms with van der Waals surface area (Å²) in [5, 5.41) is 5.03. The zero-order chi connectivity index (χ0) is 17.7. The number of fused-ring (bicyclic) bond motifs is 2. The van der Waals surface area contributed by atoms with E-state index < -0.39 is 0 Å². The number of para-hydroxylation sites is 2. The number of anilines is 2. The number of nitrogens with zero attached hydrogens (tertiary/aromatic N) is 2. The van der Waals surface area contributed by atoms with Crippen molar-refractivity contribution >= 4 is 34.5 Å². The van der Waals surface area contributed by atoms with Gasteiger partial charge < -0.3 is 5.32 Å². The summed E-state index contributed by atoms with van der Waals surface area (Å²) in [5.41, 5.74) is 2.94. The number of rotatable bonds is 3. The highest BCUT2D eigenvalue weighted by molar-refractivity contribution is 7.10. The molecule has 1 saturated carbocycles. The molecule has 1 aliphatic carbocycles. The topological polar surface area (TPSA) is 52.7 Å². The maximum Gasteiger partial charge on any atom is 0.244 e. The molecule has 1 aromatic heterocycles. The van der Waals surface area contributed by atoms with Crippen LogP contribution >= 0.6 is 11.3 Å². The minimum absolute atomic E-state index is 0.0108. The maximum atomic E-state index is 13.1. The van der Waals surface area contributed by atoms with Crippen LogP contribution in [0.2, 0.25) is 0 Å². The van der Waals surface area contributed by atoms with Crippen molar-refractivity contribution < 1.29 is 9.59 Å². The van der Waals surface area contributed by atoms with Crippen LogP contribution in [0.5, 0.6) is 0 Å². The Morgan fingerprint density at radius 2 is 2.08 bits per heavy atom. The predicted molar refractivity (Wildman–Crippen MR) is 102 cm³/mol. The molecule has 26 heavy (non-hydrogen) atoms. The molecule has 3 aliphatic rings. The molecule has 2 aliphatic heterocycles. The summed E-state index contributed by atoms with van der Waals surface area (Å²) < 4.78 is 0. The van der Waals surface area contributed by atoms with Gasteiger partial charge in [-0.25, -0.2) is 0 Å². The normalized spacial score (nSPS) is 22.5. The fraction of sp³-hybridized carbons (Fsp3) is 0.400. The summed E-state index contributed by atoms with van der Waals surface area (Å²) in [4.78, 5) is 30.6. The van der Waals surface area contributed by atoms with Gasteiger partial charge in [0.15, 0.2) is 0 Å². The summed E-state index contributed by atoms with van der Waals surface area (Å²) in [6.45, 7) is 1.39. The third-order valence-electron chi connectivity index (χ3n) is 5.60. The van der Waals surface area contributed by atoms with Crippen LogP contribution in [0, 0.1) is 5.92 Å². The molecule has 0 radical (unpaired) electrons. The maximum absolute atomic E-state index is 13.1. The Balaban J connectivity index is 1.40. The molecule has 5 rings (SSSR count). The molecule has 5 nitrogen and oxygen atoms in total. The fourth-order valence-corrected chi connectivity index (χ4v) is 5.17. The number of amides is 2. The van der Waals surface area contributed by atoms with Gasteiger partial charge in [-0.3, -0.25) is 19.4 Å². The highest BCUT2D eigenvalue weighted by Gasteiger charge is 2.41. The van der Waals surface area contributed by atoms with E-state index in [-0.39, 0.29) is 18.4 Å². The molecule has 0 spiro atoms. The second-order valence-electron chi connectivity index (χ2n) is 7.35. The van der Waals surface area contributed by atoms with Crippen LogP contribution in [0.15, 0.2) is 35.7 Å². The van der Waals surface area contributed by atoms with E-state index in [1.165, 1.54) is 23.3 Å². The largest absolute Gasteiger partial charge is 0.323 e. The average Bonchev–Trinajstić information content (AvgIpc) is 3.36. The fourth-order valence-electron chi connectivity index (χ4n) is 4.25. The lowest BCUT2D eigenvalue weighted by Crippen LogP contribution is -2.48. The van der Waals surface area contributed by atoms with Crippen molar-refractivity contribution in [2.45, 2.75) is 25.3 Å². The molecule has 2 aromatic rings. The van der Waals surface area contributed by atoms with Crippen LogP contribution in [-0.4, -0.2) is 36.3 Å². The van der Waals surface area contributed by atoms with Crippen molar-refractivity contribution in [2.24, 2.45) is 5.92 Å². The monoisotopic (exact) mass is 367 g/mol. The Morgan fingerprint density at radius 1 is 1.23 bits per heavy atom.